The summed E-state index contributed by atoms with van der Waals surface area (Å²) in [7, 11) is 0. The van der Waals surface area contributed by atoms with Crippen molar-refractivity contribution < 1.29 is 4.39 Å². The summed E-state index contributed by atoms with van der Waals surface area (Å²) in [6.45, 7) is 0. The first kappa shape index (κ1) is 12.8. The zero-order chi connectivity index (χ0) is 13.1. The topological polar surface area (TPSA) is 75.9 Å². The van der Waals surface area contributed by atoms with E-state index in [0.29, 0.717) is 17.3 Å². The molecule has 0 atom stereocenters. The van der Waals surface area contributed by atoms with E-state index in [-0.39, 0.29) is 10.0 Å². The molecular formula is C10H8Cl2FN5. The van der Waals surface area contributed by atoms with E-state index in [1.807, 2.05) is 0 Å². The lowest BCUT2D eigenvalue weighted by Gasteiger charge is -2.08. The minimum atomic E-state index is -0.660. The second kappa shape index (κ2) is 5.34. The van der Waals surface area contributed by atoms with Crippen LogP contribution in [0.3, 0.4) is 0 Å². The normalized spacial score (nSPS) is 10.2. The van der Waals surface area contributed by atoms with Crippen LogP contribution in [-0.4, -0.2) is 9.97 Å². The van der Waals surface area contributed by atoms with Gasteiger partial charge in [0.15, 0.2) is 17.5 Å². The lowest BCUT2D eigenvalue weighted by atomic mass is 10.3. The summed E-state index contributed by atoms with van der Waals surface area (Å²) in [6.07, 6.45) is 2.93. The Bertz CT molecular complexity index is 555. The molecule has 1 aromatic carbocycles. The first-order valence-corrected chi connectivity index (χ1v) is 5.56. The van der Waals surface area contributed by atoms with E-state index in [1.165, 1.54) is 24.5 Å². The summed E-state index contributed by atoms with van der Waals surface area (Å²) in [5.41, 5.74) is 2.85. The van der Waals surface area contributed by atoms with Crippen LogP contribution in [0.4, 0.5) is 21.7 Å². The lowest BCUT2D eigenvalue weighted by molar-refractivity contribution is 0.629. The van der Waals surface area contributed by atoms with E-state index in [4.69, 9.17) is 29.0 Å². The van der Waals surface area contributed by atoms with Gasteiger partial charge in [0.1, 0.15) is 0 Å². The van der Waals surface area contributed by atoms with E-state index in [9.17, 15) is 4.39 Å². The molecule has 8 heteroatoms. The molecule has 1 aromatic heterocycles. The molecule has 0 saturated heterocycles. The Labute approximate surface area is 112 Å². The van der Waals surface area contributed by atoms with Crippen LogP contribution in [0.25, 0.3) is 0 Å². The van der Waals surface area contributed by atoms with Crippen molar-refractivity contribution in [1.82, 2.24) is 9.97 Å². The third kappa shape index (κ3) is 2.79. The minimum Gasteiger partial charge on any atom is -0.339 e. The van der Waals surface area contributed by atoms with Gasteiger partial charge in [0.2, 0.25) is 0 Å². The zero-order valence-corrected chi connectivity index (χ0v) is 10.4. The van der Waals surface area contributed by atoms with E-state index < -0.39 is 5.82 Å². The molecule has 5 nitrogen and oxygen atoms in total. The average molecular weight is 288 g/mol. The van der Waals surface area contributed by atoms with Gasteiger partial charge in [-0.25, -0.2) is 15.2 Å². The fraction of sp³-hybridized carbons (Fsp3) is 0. The SMILES string of the molecule is NNc1cncc(Nc2cc(Cl)c(F)c(Cl)c2)n1. The number of nitrogens with two attached hydrogens (primary N) is 1. The monoisotopic (exact) mass is 287 g/mol. The molecule has 4 N–H and O–H groups in total. The van der Waals surface area contributed by atoms with Crippen LogP contribution in [-0.2, 0) is 0 Å². The highest BCUT2D eigenvalue weighted by Crippen LogP contribution is 2.28. The average Bonchev–Trinajstić information content (AvgIpc) is 2.36. The number of nitrogens with zero attached hydrogens (tertiary/aromatic N) is 2. The molecular weight excluding hydrogens is 280 g/mol. The van der Waals surface area contributed by atoms with Crippen molar-refractivity contribution in [3.8, 4) is 0 Å². The lowest BCUT2D eigenvalue weighted by Crippen LogP contribution is -2.09. The standard InChI is InChI=1S/C10H8Cl2FN5/c11-6-1-5(2-7(12)10(6)13)16-8-3-15-4-9(17-8)18-14/h1-4H,14H2,(H2,16,17,18). The number of hydrazine groups is 1. The molecule has 0 bridgehead atoms. The molecule has 2 rings (SSSR count). The summed E-state index contributed by atoms with van der Waals surface area (Å²) in [4.78, 5) is 7.99. The van der Waals surface area contributed by atoms with Gasteiger partial charge >= 0.3 is 0 Å². The molecule has 0 aliphatic rings. The van der Waals surface area contributed by atoms with Crippen molar-refractivity contribution in [2.24, 2.45) is 5.84 Å². The molecule has 0 radical (unpaired) electrons. The number of aromatic nitrogens is 2. The second-order valence-corrected chi connectivity index (χ2v) is 4.13. The maximum Gasteiger partial charge on any atom is 0.160 e. The molecule has 0 saturated carbocycles. The number of halogens is 3. The molecule has 2 aromatic rings. The van der Waals surface area contributed by atoms with Crippen molar-refractivity contribution in [3.63, 3.8) is 0 Å². The van der Waals surface area contributed by atoms with Gasteiger partial charge in [-0.1, -0.05) is 23.2 Å². The van der Waals surface area contributed by atoms with Gasteiger partial charge in [-0.2, -0.15) is 0 Å². The molecule has 0 aliphatic carbocycles. The fourth-order valence-corrected chi connectivity index (χ4v) is 1.76. The fourth-order valence-electron chi connectivity index (χ4n) is 1.27. The minimum absolute atomic E-state index is 0.0777. The van der Waals surface area contributed by atoms with Crippen LogP contribution in [0, 0.1) is 5.82 Å². The summed E-state index contributed by atoms with van der Waals surface area (Å²) < 4.78 is 13.2. The largest absolute Gasteiger partial charge is 0.339 e. The van der Waals surface area contributed by atoms with Crippen LogP contribution in [0.1, 0.15) is 0 Å². The molecule has 18 heavy (non-hydrogen) atoms. The maximum absolute atomic E-state index is 13.2. The van der Waals surface area contributed by atoms with Gasteiger partial charge in [-0.3, -0.25) is 4.98 Å². The maximum atomic E-state index is 13.2. The van der Waals surface area contributed by atoms with Crippen LogP contribution in [0.15, 0.2) is 24.5 Å². The first-order chi connectivity index (χ1) is 8.60. The molecule has 0 fully saturated rings. The Morgan fingerprint density at radius 1 is 1.11 bits per heavy atom. The first-order valence-electron chi connectivity index (χ1n) is 4.80. The Morgan fingerprint density at radius 3 is 2.33 bits per heavy atom. The highest BCUT2D eigenvalue weighted by atomic mass is 35.5. The van der Waals surface area contributed by atoms with Crippen LogP contribution < -0.4 is 16.6 Å². The predicted octanol–water partition coefficient (Wildman–Crippen LogP) is 2.95. The molecule has 0 spiro atoms. The number of nitrogen functional groups attached to an aromatic ring is 1. The quantitative estimate of drug-likeness (QED) is 0.460. The van der Waals surface area contributed by atoms with Crippen molar-refractivity contribution in [2.45, 2.75) is 0 Å². The summed E-state index contributed by atoms with van der Waals surface area (Å²) in [5.74, 6) is 5.36. The van der Waals surface area contributed by atoms with E-state index in [0.717, 1.165) is 0 Å². The van der Waals surface area contributed by atoms with Gasteiger partial charge in [0.25, 0.3) is 0 Å². The van der Waals surface area contributed by atoms with Gasteiger partial charge in [0, 0.05) is 5.69 Å². The van der Waals surface area contributed by atoms with Crippen LogP contribution in [0.2, 0.25) is 10.0 Å². The van der Waals surface area contributed by atoms with Gasteiger partial charge in [-0.05, 0) is 12.1 Å². The smallest absolute Gasteiger partial charge is 0.160 e. The zero-order valence-electron chi connectivity index (χ0n) is 8.92. The van der Waals surface area contributed by atoms with E-state index in [2.05, 4.69) is 20.7 Å². The Kier molecular flexibility index (Phi) is 3.81. The van der Waals surface area contributed by atoms with Crippen molar-refractivity contribution >= 4 is 40.5 Å². The number of hydrogen-bond donors (Lipinski definition) is 3. The van der Waals surface area contributed by atoms with Crippen LogP contribution in [0.5, 0.6) is 0 Å². The highest BCUT2D eigenvalue weighted by Gasteiger charge is 2.08. The molecule has 0 aliphatic heterocycles. The van der Waals surface area contributed by atoms with Gasteiger partial charge < -0.3 is 10.7 Å². The molecule has 1 heterocycles. The molecule has 0 amide bonds. The van der Waals surface area contributed by atoms with Crippen molar-refractivity contribution in [3.05, 3.63) is 40.4 Å². The molecule has 94 valence electrons. The number of anilines is 3. The second-order valence-electron chi connectivity index (χ2n) is 3.31. The number of benzene rings is 1. The predicted molar refractivity (Wildman–Crippen MR) is 69.5 cm³/mol. The Hall–Kier alpha value is -1.63. The number of hydrogen-bond acceptors (Lipinski definition) is 5. The van der Waals surface area contributed by atoms with Crippen molar-refractivity contribution in [1.29, 1.82) is 0 Å². The van der Waals surface area contributed by atoms with E-state index >= 15 is 0 Å². The Balaban J connectivity index is 2.28. The number of nitrogens with one attached hydrogen (secondary N) is 2. The van der Waals surface area contributed by atoms with Gasteiger partial charge in [0.05, 0.1) is 22.4 Å². The summed E-state index contributed by atoms with van der Waals surface area (Å²) in [5, 5.41) is 2.73. The third-order valence-electron chi connectivity index (χ3n) is 2.04. The van der Waals surface area contributed by atoms with Crippen LogP contribution >= 0.6 is 23.2 Å². The molecule has 0 unspecified atom stereocenters. The highest BCUT2D eigenvalue weighted by molar-refractivity contribution is 6.35. The van der Waals surface area contributed by atoms with Gasteiger partial charge in [-0.15, -0.1) is 0 Å². The third-order valence-corrected chi connectivity index (χ3v) is 2.59. The summed E-state index contributed by atoms with van der Waals surface area (Å²) >= 11 is 11.4. The van der Waals surface area contributed by atoms with E-state index in [1.54, 1.807) is 0 Å². The van der Waals surface area contributed by atoms with Crippen molar-refractivity contribution in [2.75, 3.05) is 10.7 Å². The number of rotatable bonds is 3. The Morgan fingerprint density at radius 2 is 1.72 bits per heavy atom. The summed E-state index contributed by atoms with van der Waals surface area (Å²) in [6, 6.07) is 2.79.